The van der Waals surface area contributed by atoms with Crippen LogP contribution >= 0.6 is 0 Å². The Kier molecular flexibility index (Phi) is 8.00. The molecule has 186 valence electrons. The van der Waals surface area contributed by atoms with Crippen LogP contribution in [0.4, 0.5) is 30.4 Å². The Morgan fingerprint density at radius 1 is 1.09 bits per heavy atom. The number of hydrogen-bond donors (Lipinski definition) is 3. The number of rotatable bonds is 9. The monoisotopic (exact) mass is 489 g/mol. The first-order valence-electron chi connectivity index (χ1n) is 11.0. The van der Waals surface area contributed by atoms with Gasteiger partial charge in [0.25, 0.3) is 5.56 Å². The largest absolute Gasteiger partial charge is 0.416 e. The van der Waals surface area contributed by atoms with E-state index in [2.05, 4.69) is 10.3 Å². The molecular weight excluding hydrogens is 463 g/mol. The van der Waals surface area contributed by atoms with Crippen molar-refractivity contribution < 1.29 is 18.0 Å². The summed E-state index contributed by atoms with van der Waals surface area (Å²) in [5.41, 5.74) is 4.86. The number of amides is 1. The fraction of sp³-hybridized carbons (Fsp3) is 0.292. The van der Waals surface area contributed by atoms with E-state index >= 15 is 0 Å². The van der Waals surface area contributed by atoms with E-state index in [4.69, 9.17) is 5.73 Å². The zero-order chi connectivity index (χ0) is 25.6. The van der Waals surface area contributed by atoms with Gasteiger partial charge in [0.05, 0.1) is 18.7 Å². The van der Waals surface area contributed by atoms with Crippen LogP contribution in [0.15, 0.2) is 64.2 Å². The highest BCUT2D eigenvalue weighted by Gasteiger charge is 2.30. The number of benzene rings is 2. The summed E-state index contributed by atoms with van der Waals surface area (Å²) in [4.78, 5) is 41.7. The molecule has 0 bridgehead atoms. The summed E-state index contributed by atoms with van der Waals surface area (Å²) in [5, 5.41) is 2.77. The topological polar surface area (TPSA) is 113 Å². The Morgan fingerprint density at radius 2 is 1.74 bits per heavy atom. The first-order chi connectivity index (χ1) is 16.6. The predicted molar refractivity (Wildman–Crippen MR) is 128 cm³/mol. The lowest BCUT2D eigenvalue weighted by Gasteiger charge is -2.25. The molecule has 0 saturated heterocycles. The SMILES string of the molecule is CCCCN(C(=O)CNc1ccc(C(F)(F)F)cc1)c1c(N)n(Cc2ccccc2)c(=O)[nH]c1=O. The summed E-state index contributed by atoms with van der Waals surface area (Å²) in [5.74, 6) is -0.679. The van der Waals surface area contributed by atoms with Crippen LogP contribution in [0.3, 0.4) is 0 Å². The van der Waals surface area contributed by atoms with Crippen LogP contribution in [0, 0.1) is 0 Å². The summed E-state index contributed by atoms with van der Waals surface area (Å²) in [6.07, 6.45) is -3.19. The quantitative estimate of drug-likeness (QED) is 0.426. The molecule has 0 spiro atoms. The summed E-state index contributed by atoms with van der Waals surface area (Å²) < 4.78 is 39.5. The molecule has 0 saturated carbocycles. The second kappa shape index (κ2) is 10.9. The van der Waals surface area contributed by atoms with Gasteiger partial charge in [-0.25, -0.2) is 4.79 Å². The van der Waals surface area contributed by atoms with Gasteiger partial charge in [-0.3, -0.25) is 19.1 Å². The van der Waals surface area contributed by atoms with Gasteiger partial charge in [0.2, 0.25) is 5.91 Å². The number of nitrogen functional groups attached to an aromatic ring is 1. The van der Waals surface area contributed by atoms with Crippen molar-refractivity contribution in [1.29, 1.82) is 0 Å². The Bertz CT molecular complexity index is 1270. The second-order valence-electron chi connectivity index (χ2n) is 7.89. The lowest BCUT2D eigenvalue weighted by atomic mass is 10.2. The molecule has 1 aromatic heterocycles. The molecule has 0 unspecified atom stereocenters. The van der Waals surface area contributed by atoms with Gasteiger partial charge in [0.1, 0.15) is 5.82 Å². The number of nitrogens with zero attached hydrogens (tertiary/aromatic N) is 2. The van der Waals surface area contributed by atoms with E-state index < -0.39 is 28.9 Å². The number of carbonyl (C=O) groups is 1. The number of H-pyrrole nitrogens is 1. The molecular formula is C24H26F3N5O3. The van der Waals surface area contributed by atoms with Crippen LogP contribution in [-0.4, -0.2) is 28.5 Å². The minimum Gasteiger partial charge on any atom is -0.383 e. The van der Waals surface area contributed by atoms with Crippen molar-refractivity contribution in [3.63, 3.8) is 0 Å². The van der Waals surface area contributed by atoms with E-state index in [1.165, 1.54) is 21.6 Å². The summed E-state index contributed by atoms with van der Waals surface area (Å²) in [6, 6.07) is 13.3. The lowest BCUT2D eigenvalue weighted by Crippen LogP contribution is -2.43. The van der Waals surface area contributed by atoms with E-state index in [9.17, 15) is 27.6 Å². The number of nitrogens with two attached hydrogens (primary N) is 1. The first-order valence-corrected chi connectivity index (χ1v) is 11.0. The molecule has 0 aliphatic rings. The predicted octanol–water partition coefficient (Wildman–Crippen LogP) is 3.43. The molecule has 35 heavy (non-hydrogen) atoms. The zero-order valence-electron chi connectivity index (χ0n) is 19.1. The lowest BCUT2D eigenvalue weighted by molar-refractivity contribution is -0.137. The highest BCUT2D eigenvalue weighted by atomic mass is 19.4. The number of carbonyl (C=O) groups excluding carboxylic acids is 1. The minimum atomic E-state index is -4.47. The number of unbranched alkanes of at least 4 members (excludes halogenated alkanes) is 1. The van der Waals surface area contributed by atoms with Crippen LogP contribution in [0.25, 0.3) is 0 Å². The van der Waals surface area contributed by atoms with Gasteiger partial charge >= 0.3 is 11.9 Å². The summed E-state index contributed by atoms with van der Waals surface area (Å²) >= 11 is 0. The van der Waals surface area contributed by atoms with Gasteiger partial charge in [0, 0.05) is 12.2 Å². The van der Waals surface area contributed by atoms with Crippen LogP contribution in [-0.2, 0) is 17.5 Å². The van der Waals surface area contributed by atoms with E-state index in [1.807, 2.05) is 13.0 Å². The highest BCUT2D eigenvalue weighted by Crippen LogP contribution is 2.29. The standard InChI is InChI=1S/C24H26F3N5O3/c1-2-3-13-31(19(33)14-29-18-11-9-17(10-12-18)24(25,26)27)20-21(28)32(23(35)30-22(20)34)15-16-7-5-4-6-8-16/h4-12,29H,2-3,13-15,28H2,1H3,(H,30,34,35). The number of alkyl halides is 3. The molecule has 3 rings (SSSR count). The molecule has 0 atom stereocenters. The van der Waals surface area contributed by atoms with E-state index in [1.54, 1.807) is 24.3 Å². The maximum atomic E-state index is 13.1. The molecule has 0 aliphatic heterocycles. The average Bonchev–Trinajstić information content (AvgIpc) is 2.82. The number of aromatic nitrogens is 2. The average molecular weight is 489 g/mol. The number of nitrogens with one attached hydrogen (secondary N) is 2. The minimum absolute atomic E-state index is 0.0922. The third-order valence-corrected chi connectivity index (χ3v) is 5.36. The molecule has 0 radical (unpaired) electrons. The Morgan fingerprint density at radius 3 is 2.34 bits per heavy atom. The molecule has 4 N–H and O–H groups in total. The molecule has 0 fully saturated rings. The van der Waals surface area contributed by atoms with Gasteiger partial charge in [-0.2, -0.15) is 13.2 Å². The van der Waals surface area contributed by atoms with Crippen LogP contribution in [0.1, 0.15) is 30.9 Å². The molecule has 2 aromatic carbocycles. The maximum absolute atomic E-state index is 13.1. The number of anilines is 3. The van der Waals surface area contributed by atoms with Gasteiger partial charge in [0.15, 0.2) is 5.69 Å². The van der Waals surface area contributed by atoms with Crippen molar-refractivity contribution >= 4 is 23.1 Å². The maximum Gasteiger partial charge on any atom is 0.416 e. The van der Waals surface area contributed by atoms with Gasteiger partial charge in [-0.05, 0) is 36.2 Å². The fourth-order valence-electron chi connectivity index (χ4n) is 3.49. The molecule has 1 amide bonds. The molecule has 1 heterocycles. The summed E-state index contributed by atoms with van der Waals surface area (Å²) in [6.45, 7) is 1.87. The van der Waals surface area contributed by atoms with Gasteiger partial charge < -0.3 is 16.0 Å². The third kappa shape index (κ3) is 6.31. The molecule has 3 aromatic rings. The fourth-order valence-corrected chi connectivity index (χ4v) is 3.49. The third-order valence-electron chi connectivity index (χ3n) is 5.36. The smallest absolute Gasteiger partial charge is 0.383 e. The van der Waals surface area contributed by atoms with Crippen LogP contribution < -0.4 is 27.2 Å². The Balaban J connectivity index is 1.88. The van der Waals surface area contributed by atoms with Crippen molar-refractivity contribution in [3.8, 4) is 0 Å². The van der Waals surface area contributed by atoms with E-state index in [-0.39, 0.29) is 31.1 Å². The van der Waals surface area contributed by atoms with Gasteiger partial charge in [-0.15, -0.1) is 0 Å². The second-order valence-corrected chi connectivity index (χ2v) is 7.89. The van der Waals surface area contributed by atoms with Crippen molar-refractivity contribution in [3.05, 3.63) is 86.6 Å². The number of halogens is 3. The van der Waals surface area contributed by atoms with Crippen LogP contribution in [0.2, 0.25) is 0 Å². The molecule has 0 aliphatic carbocycles. The first kappa shape index (κ1) is 25.6. The van der Waals surface area contributed by atoms with Gasteiger partial charge in [-0.1, -0.05) is 43.7 Å². The normalized spacial score (nSPS) is 11.3. The van der Waals surface area contributed by atoms with Crippen molar-refractivity contribution in [2.75, 3.05) is 29.0 Å². The molecule has 8 nitrogen and oxygen atoms in total. The number of aromatic amines is 1. The van der Waals surface area contributed by atoms with Crippen molar-refractivity contribution in [2.24, 2.45) is 0 Å². The van der Waals surface area contributed by atoms with Crippen LogP contribution in [0.5, 0.6) is 0 Å². The van der Waals surface area contributed by atoms with Crippen molar-refractivity contribution in [1.82, 2.24) is 9.55 Å². The summed E-state index contributed by atoms with van der Waals surface area (Å²) in [7, 11) is 0. The highest BCUT2D eigenvalue weighted by molar-refractivity contribution is 5.98. The molecule has 11 heteroatoms. The number of hydrogen-bond acceptors (Lipinski definition) is 5. The Hall–Kier alpha value is -4.02. The Labute approximate surface area is 199 Å². The van der Waals surface area contributed by atoms with E-state index in [0.717, 1.165) is 24.1 Å². The van der Waals surface area contributed by atoms with Crippen molar-refractivity contribution in [2.45, 2.75) is 32.5 Å². The zero-order valence-corrected chi connectivity index (χ0v) is 19.1. The van der Waals surface area contributed by atoms with E-state index in [0.29, 0.717) is 12.1 Å².